The van der Waals surface area contributed by atoms with Crippen molar-refractivity contribution in [3.8, 4) is 0 Å². The lowest BCUT2D eigenvalue weighted by Gasteiger charge is -2.35. The summed E-state index contributed by atoms with van der Waals surface area (Å²) >= 11 is 6.11. The second-order valence-corrected chi connectivity index (χ2v) is 8.73. The molecule has 4 rings (SSSR count). The molecule has 0 radical (unpaired) electrons. The van der Waals surface area contributed by atoms with Gasteiger partial charge in [0.25, 0.3) is 0 Å². The number of benzene rings is 3. The maximum atomic E-state index is 13.5. The zero-order chi connectivity index (χ0) is 19.0. The quantitative estimate of drug-likeness (QED) is 0.648. The number of halogens is 1. The van der Waals surface area contributed by atoms with Crippen LogP contribution in [0.5, 0.6) is 0 Å². The van der Waals surface area contributed by atoms with Gasteiger partial charge in [-0.2, -0.15) is 0 Å². The molecule has 0 bridgehead atoms. The van der Waals surface area contributed by atoms with E-state index in [0.717, 1.165) is 5.56 Å². The van der Waals surface area contributed by atoms with E-state index < -0.39 is 21.1 Å². The van der Waals surface area contributed by atoms with E-state index in [9.17, 15) is 13.2 Å². The summed E-state index contributed by atoms with van der Waals surface area (Å²) in [6, 6.07) is 22.6. The largest absolute Gasteiger partial charge is 0.292 e. The first-order valence-corrected chi connectivity index (χ1v) is 10.3. The SMILES string of the molecule is O=C1c2ccc(Cl)cc2N(Cc2ccccc2)S(=O)(=O)C1c1ccccc1. The summed E-state index contributed by atoms with van der Waals surface area (Å²) in [5, 5.41) is -0.885. The number of sulfonamides is 1. The highest BCUT2D eigenvalue weighted by Crippen LogP contribution is 2.42. The number of carbonyl (C=O) groups excluding carboxylic acids is 1. The minimum absolute atomic E-state index is 0.132. The van der Waals surface area contributed by atoms with Crippen LogP contribution in [-0.4, -0.2) is 14.2 Å². The van der Waals surface area contributed by atoms with Gasteiger partial charge in [-0.05, 0) is 29.3 Å². The van der Waals surface area contributed by atoms with E-state index in [1.54, 1.807) is 42.5 Å². The monoisotopic (exact) mass is 397 g/mol. The average Bonchev–Trinajstić information content (AvgIpc) is 2.66. The second-order valence-electron chi connectivity index (χ2n) is 6.35. The molecule has 1 heterocycles. The summed E-state index contributed by atoms with van der Waals surface area (Å²) in [6.07, 6.45) is 0. The Kier molecular flexibility index (Phi) is 4.50. The Morgan fingerprint density at radius 2 is 1.52 bits per heavy atom. The number of Topliss-reactive ketones (excluding diaryl/α,β-unsaturated/α-hetero) is 1. The summed E-state index contributed by atoms with van der Waals surface area (Å²) < 4.78 is 28.2. The Hall–Kier alpha value is -2.63. The first kappa shape index (κ1) is 17.8. The van der Waals surface area contributed by atoms with Crippen LogP contribution in [-0.2, 0) is 16.6 Å². The van der Waals surface area contributed by atoms with Crippen LogP contribution < -0.4 is 4.31 Å². The average molecular weight is 398 g/mol. The third-order valence-corrected chi connectivity index (χ3v) is 6.87. The molecule has 0 spiro atoms. The van der Waals surface area contributed by atoms with Crippen molar-refractivity contribution >= 4 is 33.1 Å². The standard InChI is InChI=1S/C21H16ClNO3S/c22-17-11-12-18-19(13-17)23(14-15-7-3-1-4-8-15)27(25,26)21(20(18)24)16-9-5-2-6-10-16/h1-13,21H,14H2. The third kappa shape index (κ3) is 3.13. The van der Waals surface area contributed by atoms with Gasteiger partial charge < -0.3 is 0 Å². The molecule has 0 aliphatic carbocycles. The molecule has 1 atom stereocenters. The van der Waals surface area contributed by atoms with Crippen LogP contribution in [0.4, 0.5) is 5.69 Å². The Balaban J connectivity index is 1.91. The fourth-order valence-electron chi connectivity index (χ4n) is 3.34. The minimum Gasteiger partial charge on any atom is -0.292 e. The van der Waals surface area contributed by atoms with Gasteiger partial charge in [0.15, 0.2) is 11.0 Å². The van der Waals surface area contributed by atoms with E-state index >= 15 is 0 Å². The van der Waals surface area contributed by atoms with E-state index in [4.69, 9.17) is 11.6 Å². The fourth-order valence-corrected chi connectivity index (χ4v) is 5.41. The lowest BCUT2D eigenvalue weighted by atomic mass is 10.0. The van der Waals surface area contributed by atoms with Crippen LogP contribution in [0.3, 0.4) is 0 Å². The molecule has 3 aromatic carbocycles. The number of ketones is 1. The summed E-state index contributed by atoms with van der Waals surface area (Å²) in [6.45, 7) is 0.132. The molecular weight excluding hydrogens is 382 g/mol. The minimum atomic E-state index is -3.97. The lowest BCUT2D eigenvalue weighted by Crippen LogP contribution is -2.42. The van der Waals surface area contributed by atoms with Crippen LogP contribution >= 0.6 is 11.6 Å². The predicted molar refractivity (Wildman–Crippen MR) is 107 cm³/mol. The number of nitrogens with zero attached hydrogens (tertiary/aromatic N) is 1. The molecule has 1 aliphatic heterocycles. The highest BCUT2D eigenvalue weighted by atomic mass is 35.5. The molecule has 136 valence electrons. The number of fused-ring (bicyclic) bond motifs is 1. The number of hydrogen-bond acceptors (Lipinski definition) is 3. The van der Waals surface area contributed by atoms with Crippen molar-refractivity contribution in [1.82, 2.24) is 0 Å². The van der Waals surface area contributed by atoms with Gasteiger partial charge in [0.1, 0.15) is 0 Å². The predicted octanol–water partition coefficient (Wildman–Crippen LogP) is 4.61. The van der Waals surface area contributed by atoms with Gasteiger partial charge in [0.05, 0.1) is 12.2 Å². The zero-order valence-corrected chi connectivity index (χ0v) is 15.8. The van der Waals surface area contributed by atoms with E-state index in [0.29, 0.717) is 21.8 Å². The first-order valence-electron chi connectivity index (χ1n) is 8.42. The fraction of sp³-hybridized carbons (Fsp3) is 0.0952. The Labute approximate surface area is 163 Å². The van der Waals surface area contributed by atoms with Gasteiger partial charge in [-0.25, -0.2) is 8.42 Å². The molecule has 1 aliphatic rings. The number of hydrogen-bond donors (Lipinski definition) is 0. The first-order chi connectivity index (χ1) is 13.0. The molecule has 3 aromatic rings. The summed E-state index contributed by atoms with van der Waals surface area (Å²) in [7, 11) is -3.97. The molecule has 0 saturated heterocycles. The summed E-state index contributed by atoms with van der Waals surface area (Å²) in [4.78, 5) is 13.1. The smallest absolute Gasteiger partial charge is 0.250 e. The highest BCUT2D eigenvalue weighted by Gasteiger charge is 2.45. The molecule has 0 fully saturated rings. The van der Waals surface area contributed by atoms with E-state index in [1.807, 2.05) is 30.3 Å². The van der Waals surface area contributed by atoms with Crippen molar-refractivity contribution in [2.24, 2.45) is 0 Å². The van der Waals surface area contributed by atoms with Crippen molar-refractivity contribution in [2.75, 3.05) is 4.31 Å². The van der Waals surface area contributed by atoms with Gasteiger partial charge >= 0.3 is 0 Å². The zero-order valence-electron chi connectivity index (χ0n) is 14.2. The van der Waals surface area contributed by atoms with Gasteiger partial charge in [0.2, 0.25) is 10.0 Å². The molecule has 1 unspecified atom stereocenters. The van der Waals surface area contributed by atoms with Crippen molar-refractivity contribution in [1.29, 1.82) is 0 Å². The van der Waals surface area contributed by atoms with Crippen molar-refractivity contribution in [3.05, 3.63) is 101 Å². The molecule has 0 saturated carbocycles. The molecule has 0 aromatic heterocycles. The Bertz CT molecular complexity index is 1100. The van der Waals surface area contributed by atoms with Crippen LogP contribution in [0.1, 0.15) is 26.7 Å². The van der Waals surface area contributed by atoms with E-state index in [2.05, 4.69) is 0 Å². The van der Waals surface area contributed by atoms with Gasteiger partial charge in [0, 0.05) is 10.6 Å². The van der Waals surface area contributed by atoms with E-state index in [-0.39, 0.29) is 6.54 Å². The third-order valence-electron chi connectivity index (χ3n) is 4.61. The van der Waals surface area contributed by atoms with Crippen molar-refractivity contribution in [3.63, 3.8) is 0 Å². The molecular formula is C21H16ClNO3S. The Morgan fingerprint density at radius 1 is 0.889 bits per heavy atom. The van der Waals surface area contributed by atoms with Gasteiger partial charge in [-0.15, -0.1) is 0 Å². The normalized spacial score (nSPS) is 18.2. The highest BCUT2D eigenvalue weighted by molar-refractivity contribution is 7.93. The molecule has 0 amide bonds. The van der Waals surface area contributed by atoms with Crippen molar-refractivity contribution < 1.29 is 13.2 Å². The van der Waals surface area contributed by atoms with E-state index in [1.165, 1.54) is 10.4 Å². The van der Waals surface area contributed by atoms with Crippen LogP contribution in [0.2, 0.25) is 5.02 Å². The molecule has 4 nitrogen and oxygen atoms in total. The molecule has 6 heteroatoms. The summed E-state index contributed by atoms with van der Waals surface area (Å²) in [5.41, 5.74) is 1.97. The molecule has 27 heavy (non-hydrogen) atoms. The molecule has 0 N–H and O–H groups in total. The Morgan fingerprint density at radius 3 is 2.19 bits per heavy atom. The number of anilines is 1. The van der Waals surface area contributed by atoms with Crippen molar-refractivity contribution in [2.45, 2.75) is 11.8 Å². The van der Waals surface area contributed by atoms with Crippen LogP contribution in [0.25, 0.3) is 0 Å². The maximum Gasteiger partial charge on any atom is 0.250 e. The second kappa shape index (κ2) is 6.83. The topological polar surface area (TPSA) is 54.5 Å². The summed E-state index contributed by atoms with van der Waals surface area (Å²) in [5.74, 6) is -0.433. The van der Waals surface area contributed by atoms with Gasteiger partial charge in [-0.1, -0.05) is 72.3 Å². The number of carbonyl (C=O) groups is 1. The van der Waals surface area contributed by atoms with Crippen LogP contribution in [0, 0.1) is 0 Å². The maximum absolute atomic E-state index is 13.5. The van der Waals surface area contributed by atoms with Gasteiger partial charge in [-0.3, -0.25) is 9.10 Å². The van der Waals surface area contributed by atoms with Crippen LogP contribution in [0.15, 0.2) is 78.9 Å². The lowest BCUT2D eigenvalue weighted by molar-refractivity contribution is 0.0985. The number of rotatable bonds is 3.